The topological polar surface area (TPSA) is 84.5 Å². The number of carbonyl (C=O) groups is 1. The lowest BCUT2D eigenvalue weighted by molar-refractivity contribution is -0.120. The molecule has 0 aliphatic carbocycles. The molecule has 1 unspecified atom stereocenters. The second kappa shape index (κ2) is 6.66. The van der Waals surface area contributed by atoms with Crippen LogP contribution in [0.25, 0.3) is 0 Å². The molecule has 1 aliphatic rings. The average Bonchev–Trinajstić information content (AvgIpc) is 3.05. The Morgan fingerprint density at radius 2 is 2.30 bits per heavy atom. The lowest BCUT2D eigenvalue weighted by atomic mass is 10.2. The second-order valence-electron chi connectivity index (χ2n) is 4.63. The molecule has 0 radical (unpaired) electrons. The van der Waals surface area contributed by atoms with E-state index in [2.05, 4.69) is 10.0 Å². The van der Waals surface area contributed by atoms with Gasteiger partial charge in [0.25, 0.3) is 10.0 Å². The van der Waals surface area contributed by atoms with Crippen molar-refractivity contribution in [3.05, 3.63) is 17.0 Å². The molecule has 1 aromatic rings. The van der Waals surface area contributed by atoms with Crippen LogP contribution in [0.3, 0.4) is 0 Å². The predicted molar refractivity (Wildman–Crippen MR) is 76.2 cm³/mol. The van der Waals surface area contributed by atoms with Gasteiger partial charge in [-0.3, -0.25) is 4.79 Å². The Labute approximate surface area is 122 Å². The molecule has 1 fully saturated rings. The summed E-state index contributed by atoms with van der Waals surface area (Å²) in [6.45, 7) is 2.73. The smallest absolute Gasteiger partial charge is 0.250 e. The van der Waals surface area contributed by atoms with Crippen molar-refractivity contribution in [3.8, 4) is 0 Å². The molecule has 6 nitrogen and oxygen atoms in total. The molecule has 112 valence electrons. The highest BCUT2D eigenvalue weighted by Crippen LogP contribution is 2.19. The summed E-state index contributed by atoms with van der Waals surface area (Å²) in [5, 5.41) is 2.67. The van der Waals surface area contributed by atoms with Crippen molar-refractivity contribution < 1.29 is 17.9 Å². The first-order valence-corrected chi connectivity index (χ1v) is 8.72. The van der Waals surface area contributed by atoms with Crippen molar-refractivity contribution in [1.82, 2.24) is 10.0 Å². The number of carbonyl (C=O) groups excluding carboxylic acids is 1. The molecule has 1 saturated heterocycles. The summed E-state index contributed by atoms with van der Waals surface area (Å²) in [5.41, 5.74) is 0. The van der Waals surface area contributed by atoms with Crippen LogP contribution in [0.1, 0.15) is 17.7 Å². The third-order valence-corrected chi connectivity index (χ3v) is 5.85. The summed E-state index contributed by atoms with van der Waals surface area (Å²) in [4.78, 5) is 12.5. The van der Waals surface area contributed by atoms with E-state index in [1.165, 1.54) is 17.4 Å². The van der Waals surface area contributed by atoms with E-state index >= 15 is 0 Å². The number of hydrogen-bond donors (Lipinski definition) is 2. The molecule has 1 atom stereocenters. The van der Waals surface area contributed by atoms with Crippen LogP contribution in [0.2, 0.25) is 0 Å². The van der Waals surface area contributed by atoms with Crippen LogP contribution in [-0.4, -0.2) is 40.1 Å². The molecule has 1 aromatic heterocycles. The lowest BCUT2D eigenvalue weighted by Gasteiger charge is -2.11. The van der Waals surface area contributed by atoms with E-state index in [4.69, 9.17) is 4.74 Å². The number of rotatable bonds is 6. The Morgan fingerprint density at radius 3 is 2.90 bits per heavy atom. The Morgan fingerprint density at radius 1 is 1.50 bits per heavy atom. The van der Waals surface area contributed by atoms with Crippen molar-refractivity contribution in [2.45, 2.75) is 30.1 Å². The number of aryl methyl sites for hydroxylation is 1. The summed E-state index contributed by atoms with van der Waals surface area (Å²) in [6.07, 6.45) is 1.99. The zero-order valence-corrected chi connectivity index (χ0v) is 12.9. The number of sulfonamides is 1. The molecular formula is C12H18N2O4S2. The van der Waals surface area contributed by atoms with Gasteiger partial charge in [-0.15, -0.1) is 11.3 Å². The minimum Gasteiger partial charge on any atom is -0.376 e. The number of amides is 1. The van der Waals surface area contributed by atoms with Crippen molar-refractivity contribution in [2.75, 3.05) is 19.7 Å². The third-order valence-electron chi connectivity index (χ3n) is 2.95. The van der Waals surface area contributed by atoms with Gasteiger partial charge >= 0.3 is 0 Å². The number of thiophene rings is 1. The molecule has 0 saturated carbocycles. The summed E-state index contributed by atoms with van der Waals surface area (Å²) >= 11 is 1.18. The molecule has 20 heavy (non-hydrogen) atoms. The van der Waals surface area contributed by atoms with Crippen molar-refractivity contribution in [2.24, 2.45) is 0 Å². The van der Waals surface area contributed by atoms with Crippen LogP contribution in [0, 0.1) is 6.92 Å². The summed E-state index contributed by atoms with van der Waals surface area (Å²) in [6, 6.07) is 3.27. The van der Waals surface area contributed by atoms with Gasteiger partial charge in [0.15, 0.2) is 0 Å². The first-order valence-electron chi connectivity index (χ1n) is 6.42. The van der Waals surface area contributed by atoms with E-state index in [0.717, 1.165) is 24.3 Å². The fourth-order valence-electron chi connectivity index (χ4n) is 1.88. The Bertz CT molecular complexity index is 562. The highest BCUT2D eigenvalue weighted by atomic mass is 32.2. The molecular weight excluding hydrogens is 300 g/mol. The quantitative estimate of drug-likeness (QED) is 0.806. The van der Waals surface area contributed by atoms with E-state index < -0.39 is 10.0 Å². The van der Waals surface area contributed by atoms with E-state index in [-0.39, 0.29) is 22.8 Å². The average molecular weight is 318 g/mol. The standard InChI is InChI=1S/C12H18N2O4S2/c1-9-4-5-12(19-9)20(16,17)14-8-11(15)13-7-10-3-2-6-18-10/h4-5,10,14H,2-3,6-8H2,1H3,(H,13,15). The van der Waals surface area contributed by atoms with Gasteiger partial charge in [0, 0.05) is 18.0 Å². The molecule has 1 amide bonds. The fourth-order valence-corrected chi connectivity index (χ4v) is 4.19. The maximum Gasteiger partial charge on any atom is 0.250 e. The van der Waals surface area contributed by atoms with Crippen LogP contribution in [-0.2, 0) is 19.6 Å². The molecule has 0 bridgehead atoms. The van der Waals surface area contributed by atoms with Crippen molar-refractivity contribution in [1.29, 1.82) is 0 Å². The maximum absolute atomic E-state index is 11.9. The highest BCUT2D eigenvalue weighted by molar-refractivity contribution is 7.91. The zero-order chi connectivity index (χ0) is 14.6. The predicted octanol–water partition coefficient (Wildman–Crippen LogP) is 0.630. The third kappa shape index (κ3) is 4.27. The summed E-state index contributed by atoms with van der Waals surface area (Å²) < 4.78 is 31.7. The number of hydrogen-bond acceptors (Lipinski definition) is 5. The van der Waals surface area contributed by atoms with Crippen molar-refractivity contribution in [3.63, 3.8) is 0 Å². The van der Waals surface area contributed by atoms with Crippen molar-refractivity contribution >= 4 is 27.3 Å². The second-order valence-corrected chi connectivity index (χ2v) is 7.91. The van der Waals surface area contributed by atoms with E-state index in [9.17, 15) is 13.2 Å². The van der Waals surface area contributed by atoms with Gasteiger partial charge in [0.05, 0.1) is 12.6 Å². The Balaban J connectivity index is 1.77. The molecule has 1 aliphatic heterocycles. The maximum atomic E-state index is 11.9. The molecule has 0 spiro atoms. The van der Waals surface area contributed by atoms with Gasteiger partial charge in [-0.2, -0.15) is 0 Å². The van der Waals surface area contributed by atoms with Crippen LogP contribution >= 0.6 is 11.3 Å². The monoisotopic (exact) mass is 318 g/mol. The highest BCUT2D eigenvalue weighted by Gasteiger charge is 2.19. The largest absolute Gasteiger partial charge is 0.376 e. The first kappa shape index (κ1) is 15.4. The molecule has 2 rings (SSSR count). The fraction of sp³-hybridized carbons (Fsp3) is 0.583. The SMILES string of the molecule is Cc1ccc(S(=O)(=O)NCC(=O)NCC2CCCO2)s1. The molecule has 2 N–H and O–H groups in total. The van der Waals surface area contributed by atoms with E-state index in [1.54, 1.807) is 6.07 Å². The van der Waals surface area contributed by atoms with Gasteiger partial charge in [-0.05, 0) is 31.9 Å². The van der Waals surface area contributed by atoms with E-state index in [1.807, 2.05) is 6.92 Å². The lowest BCUT2D eigenvalue weighted by Crippen LogP contribution is -2.39. The van der Waals surface area contributed by atoms with Gasteiger partial charge in [-0.1, -0.05) is 0 Å². The first-order chi connectivity index (χ1) is 9.47. The summed E-state index contributed by atoms with van der Waals surface area (Å²) in [5.74, 6) is -0.350. The Kier molecular flexibility index (Phi) is 5.14. The van der Waals surface area contributed by atoms with Gasteiger partial charge in [0.1, 0.15) is 4.21 Å². The van der Waals surface area contributed by atoms with Gasteiger partial charge in [-0.25, -0.2) is 13.1 Å². The normalized spacial score (nSPS) is 19.1. The van der Waals surface area contributed by atoms with E-state index in [0.29, 0.717) is 6.54 Å². The number of ether oxygens (including phenoxy) is 1. The number of nitrogens with one attached hydrogen (secondary N) is 2. The molecule has 8 heteroatoms. The zero-order valence-electron chi connectivity index (χ0n) is 11.2. The molecule has 2 heterocycles. The van der Waals surface area contributed by atoms with Crippen LogP contribution in [0.5, 0.6) is 0 Å². The van der Waals surface area contributed by atoms with Gasteiger partial charge < -0.3 is 10.1 Å². The Hall–Kier alpha value is -0.960. The van der Waals surface area contributed by atoms with Crippen LogP contribution in [0.4, 0.5) is 0 Å². The van der Waals surface area contributed by atoms with Crippen LogP contribution < -0.4 is 10.0 Å². The molecule has 0 aromatic carbocycles. The van der Waals surface area contributed by atoms with Gasteiger partial charge in [0.2, 0.25) is 5.91 Å². The minimum atomic E-state index is -3.60. The minimum absolute atomic E-state index is 0.0514. The summed E-state index contributed by atoms with van der Waals surface area (Å²) in [7, 11) is -3.60. The van der Waals surface area contributed by atoms with Crippen LogP contribution in [0.15, 0.2) is 16.3 Å².